The number of carboxylic acid groups (broad SMARTS) is 1. The fourth-order valence-electron chi connectivity index (χ4n) is 3.16. The van der Waals surface area contributed by atoms with Gasteiger partial charge in [0, 0.05) is 17.3 Å². The van der Waals surface area contributed by atoms with Crippen molar-refractivity contribution < 1.29 is 32.5 Å². The highest BCUT2D eigenvalue weighted by Crippen LogP contribution is 2.49. The van der Waals surface area contributed by atoms with Crippen LogP contribution in [-0.2, 0) is 4.79 Å². The molecule has 3 rings (SSSR count). The molecule has 0 amide bonds. The maximum atomic E-state index is 15.0. The topological polar surface area (TPSA) is 85.0 Å². The predicted molar refractivity (Wildman–Crippen MR) is 99.7 cm³/mol. The quantitative estimate of drug-likeness (QED) is 0.560. The average Bonchev–Trinajstić information content (AvgIpc) is 2.86. The number of carboxylic acids is 1. The molecule has 11 heteroatoms. The lowest BCUT2D eigenvalue weighted by Crippen LogP contribution is -2.40. The number of hydrogen-bond acceptors (Lipinski definition) is 5. The first kappa shape index (κ1) is 20.4. The highest BCUT2D eigenvalue weighted by atomic mass is 35.5. The van der Waals surface area contributed by atoms with E-state index in [0.29, 0.717) is 9.61 Å². The molecule has 6 nitrogen and oxygen atoms in total. The number of carbonyl (C=O) groups is 1. The van der Waals surface area contributed by atoms with Crippen LogP contribution in [0.25, 0.3) is 5.70 Å². The van der Waals surface area contributed by atoms with E-state index in [2.05, 4.69) is 9.47 Å². The molecule has 2 aliphatic heterocycles. The van der Waals surface area contributed by atoms with Crippen LogP contribution in [0, 0.1) is 0 Å². The minimum atomic E-state index is -3.95. The van der Waals surface area contributed by atoms with E-state index in [9.17, 15) is 23.1 Å². The van der Waals surface area contributed by atoms with Crippen LogP contribution in [0.5, 0.6) is 11.5 Å². The van der Waals surface area contributed by atoms with E-state index >= 15 is 0 Å². The maximum Gasteiger partial charge on any atom is 0.586 e. The summed E-state index contributed by atoms with van der Waals surface area (Å²) in [6.07, 6.45) is -3.95. The second kappa shape index (κ2) is 6.34. The molecule has 2 heterocycles. The van der Waals surface area contributed by atoms with Gasteiger partial charge in [0.2, 0.25) is 0 Å². The zero-order valence-electron chi connectivity index (χ0n) is 15.4. The molecule has 1 unspecified atom stereocenters. The molecular weight excluding hydrogens is 417 g/mol. The number of halogens is 4. The van der Waals surface area contributed by atoms with Gasteiger partial charge in [-0.2, -0.15) is 0 Å². The normalized spacial score (nSPS) is 21.4. The molecule has 28 heavy (non-hydrogen) atoms. The SMILES string of the molecule is CC1=C(N)C(F)=C(c2ccc([Si](C)(C)C)c3c2OC(F)(F)O3)N(Cl)C1C(=O)O. The Hall–Kier alpha value is -2.33. The van der Waals surface area contributed by atoms with E-state index in [1.807, 2.05) is 19.6 Å². The standard InChI is InChI=1S/C17H18ClF3N2O4Si/c1-7-11(22)10(19)13(23(18)12(7)16(24)25)8-5-6-9(28(2,3)4)15-14(8)26-17(20,21)27-15/h5-6,12H,22H2,1-4H3,(H,24,25). The first-order chi connectivity index (χ1) is 12.8. The molecule has 0 aliphatic carbocycles. The Morgan fingerprint density at radius 3 is 2.39 bits per heavy atom. The zero-order valence-corrected chi connectivity index (χ0v) is 17.2. The second-order valence-electron chi connectivity index (χ2n) is 7.55. The Balaban J connectivity index is 2.28. The summed E-state index contributed by atoms with van der Waals surface area (Å²) in [6, 6.07) is 1.41. The fraction of sp³-hybridized carbons (Fsp3) is 0.353. The number of allylic oxidation sites excluding steroid dienone is 1. The second-order valence-corrected chi connectivity index (χ2v) is 13.0. The molecule has 152 valence electrons. The van der Waals surface area contributed by atoms with Crippen molar-refractivity contribution in [2.75, 3.05) is 0 Å². The number of rotatable bonds is 3. The lowest BCUT2D eigenvalue weighted by Gasteiger charge is -2.32. The average molecular weight is 435 g/mol. The van der Waals surface area contributed by atoms with Gasteiger partial charge in [-0.1, -0.05) is 25.7 Å². The van der Waals surface area contributed by atoms with Gasteiger partial charge in [0.25, 0.3) is 0 Å². The van der Waals surface area contributed by atoms with Gasteiger partial charge < -0.3 is 20.3 Å². The largest absolute Gasteiger partial charge is 0.586 e. The third-order valence-corrected chi connectivity index (χ3v) is 6.94. The molecule has 0 saturated carbocycles. The predicted octanol–water partition coefficient (Wildman–Crippen LogP) is 3.35. The first-order valence-electron chi connectivity index (χ1n) is 8.24. The number of fused-ring (bicyclic) bond motifs is 1. The number of aliphatic carboxylic acids is 1. The Labute approximate surface area is 165 Å². The molecule has 0 bridgehead atoms. The summed E-state index contributed by atoms with van der Waals surface area (Å²) in [5, 5.41) is 9.98. The van der Waals surface area contributed by atoms with Crippen LogP contribution in [0.4, 0.5) is 13.2 Å². The van der Waals surface area contributed by atoms with Crippen molar-refractivity contribution in [1.29, 1.82) is 0 Å². The Morgan fingerprint density at radius 1 is 1.29 bits per heavy atom. The minimum Gasteiger partial charge on any atom is -0.479 e. The van der Waals surface area contributed by atoms with Gasteiger partial charge in [0.15, 0.2) is 23.4 Å². The van der Waals surface area contributed by atoms with E-state index in [1.54, 1.807) is 0 Å². The minimum absolute atomic E-state index is 0.0124. The molecule has 3 N–H and O–H groups in total. The van der Waals surface area contributed by atoms with Crippen molar-refractivity contribution >= 4 is 36.7 Å². The van der Waals surface area contributed by atoms with Gasteiger partial charge in [-0.3, -0.25) is 4.42 Å². The Kier molecular flexibility index (Phi) is 4.62. The zero-order chi connectivity index (χ0) is 21.2. The van der Waals surface area contributed by atoms with Crippen LogP contribution < -0.4 is 20.4 Å². The molecule has 0 spiro atoms. The van der Waals surface area contributed by atoms with Gasteiger partial charge >= 0.3 is 12.3 Å². The van der Waals surface area contributed by atoms with Gasteiger partial charge in [-0.25, -0.2) is 9.18 Å². The lowest BCUT2D eigenvalue weighted by molar-refractivity contribution is -0.286. The van der Waals surface area contributed by atoms with Crippen molar-refractivity contribution in [2.24, 2.45) is 5.73 Å². The summed E-state index contributed by atoms with van der Waals surface area (Å²) < 4.78 is 52.7. The molecule has 1 atom stereocenters. The molecule has 0 aromatic heterocycles. The number of nitrogens with zero attached hydrogens (tertiary/aromatic N) is 1. The van der Waals surface area contributed by atoms with Crippen LogP contribution in [-0.4, -0.2) is 35.9 Å². The summed E-state index contributed by atoms with van der Waals surface area (Å²) in [6.45, 7) is 7.08. The Bertz CT molecular complexity index is 943. The van der Waals surface area contributed by atoms with Crippen molar-refractivity contribution in [3.8, 4) is 11.5 Å². The number of benzene rings is 1. The van der Waals surface area contributed by atoms with E-state index in [4.69, 9.17) is 17.5 Å². The number of ether oxygens (including phenoxy) is 2. The molecule has 0 radical (unpaired) electrons. The van der Waals surface area contributed by atoms with Gasteiger partial charge in [0.05, 0.1) is 13.8 Å². The third kappa shape index (κ3) is 3.10. The monoisotopic (exact) mass is 434 g/mol. The lowest BCUT2D eigenvalue weighted by atomic mass is 9.97. The third-order valence-electron chi connectivity index (χ3n) is 4.57. The van der Waals surface area contributed by atoms with E-state index in [0.717, 1.165) is 0 Å². The molecule has 0 saturated heterocycles. The first-order valence-corrected chi connectivity index (χ1v) is 12.1. The molecule has 1 aromatic carbocycles. The Morgan fingerprint density at radius 2 is 1.86 bits per heavy atom. The van der Waals surface area contributed by atoms with Crippen LogP contribution >= 0.6 is 11.8 Å². The summed E-state index contributed by atoms with van der Waals surface area (Å²) in [5.74, 6) is -3.02. The van der Waals surface area contributed by atoms with Crippen LogP contribution in [0.3, 0.4) is 0 Å². The maximum absolute atomic E-state index is 15.0. The van der Waals surface area contributed by atoms with E-state index < -0.39 is 49.4 Å². The van der Waals surface area contributed by atoms with Gasteiger partial charge in [0.1, 0.15) is 5.70 Å². The molecule has 2 aliphatic rings. The smallest absolute Gasteiger partial charge is 0.479 e. The highest BCUT2D eigenvalue weighted by Gasteiger charge is 2.49. The summed E-state index contributed by atoms with van der Waals surface area (Å²) >= 11 is 6.13. The van der Waals surface area contributed by atoms with Gasteiger partial charge in [-0.15, -0.1) is 8.78 Å². The van der Waals surface area contributed by atoms with Crippen molar-refractivity contribution in [3.63, 3.8) is 0 Å². The highest BCUT2D eigenvalue weighted by molar-refractivity contribution is 6.89. The van der Waals surface area contributed by atoms with Crippen molar-refractivity contribution in [2.45, 2.75) is 38.9 Å². The molecular formula is C17H18ClF3N2O4Si. The fourth-order valence-corrected chi connectivity index (χ4v) is 4.98. The van der Waals surface area contributed by atoms with Gasteiger partial charge in [-0.05, 0) is 23.7 Å². The van der Waals surface area contributed by atoms with E-state index in [-0.39, 0.29) is 16.9 Å². The van der Waals surface area contributed by atoms with Crippen LogP contribution in [0.15, 0.2) is 29.2 Å². The number of alkyl halides is 2. The molecule has 0 fully saturated rings. The summed E-state index contributed by atoms with van der Waals surface area (Å²) in [5.41, 5.74) is 4.63. The van der Waals surface area contributed by atoms with Crippen LogP contribution in [0.2, 0.25) is 19.6 Å². The van der Waals surface area contributed by atoms with Crippen molar-refractivity contribution in [1.82, 2.24) is 4.42 Å². The van der Waals surface area contributed by atoms with E-state index in [1.165, 1.54) is 19.1 Å². The number of nitrogens with two attached hydrogens (primary N) is 1. The summed E-state index contributed by atoms with van der Waals surface area (Å²) in [4.78, 5) is 11.6. The molecule has 1 aromatic rings. The van der Waals surface area contributed by atoms with Crippen LogP contribution in [0.1, 0.15) is 12.5 Å². The van der Waals surface area contributed by atoms with Crippen molar-refractivity contribution in [3.05, 3.63) is 34.8 Å². The number of hydrogen-bond donors (Lipinski definition) is 2. The summed E-state index contributed by atoms with van der Waals surface area (Å²) in [7, 11) is -2.14.